The molecule has 7 heteroatoms. The molecule has 0 bridgehead atoms. The second-order valence-corrected chi connectivity index (χ2v) is 8.77. The molecule has 2 fully saturated rings. The number of likely N-dealkylation sites (N-methyl/N-ethyl adjacent to an activating group) is 1. The van der Waals surface area contributed by atoms with Crippen molar-refractivity contribution in [2.75, 3.05) is 50.6 Å². The molecule has 0 amide bonds. The third-order valence-electron chi connectivity index (χ3n) is 4.05. The van der Waals surface area contributed by atoms with Gasteiger partial charge in [-0.1, -0.05) is 6.92 Å². The molecular formula is C12H24N2O3S2. The van der Waals surface area contributed by atoms with E-state index in [4.69, 9.17) is 4.74 Å². The van der Waals surface area contributed by atoms with Crippen molar-refractivity contribution in [3.63, 3.8) is 0 Å². The zero-order valence-electron chi connectivity index (χ0n) is 11.7. The van der Waals surface area contributed by atoms with Crippen LogP contribution in [0.3, 0.4) is 0 Å². The summed E-state index contributed by atoms with van der Waals surface area (Å²) in [6.45, 7) is 4.88. The molecule has 2 aliphatic heterocycles. The third-order valence-corrected chi connectivity index (χ3v) is 7.38. The fourth-order valence-electron chi connectivity index (χ4n) is 2.75. The molecule has 2 heterocycles. The van der Waals surface area contributed by atoms with Crippen LogP contribution in [0.25, 0.3) is 0 Å². The second kappa shape index (κ2) is 6.76. The smallest absolute Gasteiger partial charge is 0.166 e. The van der Waals surface area contributed by atoms with E-state index >= 15 is 0 Å². The van der Waals surface area contributed by atoms with E-state index in [0.29, 0.717) is 17.7 Å². The van der Waals surface area contributed by atoms with Gasteiger partial charge in [0, 0.05) is 42.3 Å². The van der Waals surface area contributed by atoms with Gasteiger partial charge in [-0.3, -0.25) is 4.90 Å². The SMILES string of the molecule is CCS(=O)(=O)C1CSCCN1CC1COCC1NC. The summed E-state index contributed by atoms with van der Waals surface area (Å²) in [6.07, 6.45) is 0. The first kappa shape index (κ1) is 15.6. The lowest BCUT2D eigenvalue weighted by atomic mass is 10.0. The minimum atomic E-state index is -2.99. The van der Waals surface area contributed by atoms with Gasteiger partial charge in [0.2, 0.25) is 0 Å². The zero-order valence-corrected chi connectivity index (χ0v) is 13.3. The molecular weight excluding hydrogens is 284 g/mol. The topological polar surface area (TPSA) is 58.6 Å². The van der Waals surface area contributed by atoms with Crippen LogP contribution in [0.1, 0.15) is 6.92 Å². The van der Waals surface area contributed by atoms with Crippen LogP contribution in [0.15, 0.2) is 0 Å². The Morgan fingerprint density at radius 1 is 1.42 bits per heavy atom. The molecule has 5 nitrogen and oxygen atoms in total. The Balaban J connectivity index is 2.04. The van der Waals surface area contributed by atoms with Crippen molar-refractivity contribution in [3.8, 4) is 0 Å². The quantitative estimate of drug-likeness (QED) is 0.773. The molecule has 3 unspecified atom stereocenters. The van der Waals surface area contributed by atoms with Crippen molar-refractivity contribution in [3.05, 3.63) is 0 Å². The van der Waals surface area contributed by atoms with Gasteiger partial charge in [-0.15, -0.1) is 0 Å². The first-order valence-electron chi connectivity index (χ1n) is 6.87. The summed E-state index contributed by atoms with van der Waals surface area (Å²) in [7, 11) is -1.05. The average Bonchev–Trinajstić information content (AvgIpc) is 2.86. The second-order valence-electron chi connectivity index (χ2n) is 5.17. The highest BCUT2D eigenvalue weighted by Gasteiger charge is 2.36. The van der Waals surface area contributed by atoms with E-state index in [-0.39, 0.29) is 11.1 Å². The van der Waals surface area contributed by atoms with Crippen molar-refractivity contribution in [2.24, 2.45) is 5.92 Å². The Hall–Kier alpha value is 0.180. The van der Waals surface area contributed by atoms with E-state index in [9.17, 15) is 8.42 Å². The summed E-state index contributed by atoms with van der Waals surface area (Å²) in [6, 6.07) is 0.347. The van der Waals surface area contributed by atoms with Crippen LogP contribution < -0.4 is 5.32 Å². The Kier molecular flexibility index (Phi) is 5.54. The summed E-state index contributed by atoms with van der Waals surface area (Å²) < 4.78 is 29.9. The monoisotopic (exact) mass is 308 g/mol. The standard InChI is InChI=1S/C12H24N2O3S2/c1-3-19(15,16)12-9-18-5-4-14(12)6-10-7-17-8-11(10)13-2/h10-13H,3-9H2,1-2H3. The average molecular weight is 308 g/mol. The lowest BCUT2D eigenvalue weighted by Crippen LogP contribution is -2.51. The van der Waals surface area contributed by atoms with Gasteiger partial charge in [-0.2, -0.15) is 11.8 Å². The van der Waals surface area contributed by atoms with Crippen molar-refractivity contribution < 1.29 is 13.2 Å². The predicted octanol–water partition coefficient (Wildman–Crippen LogP) is 0.0304. The number of rotatable bonds is 5. The van der Waals surface area contributed by atoms with E-state index in [2.05, 4.69) is 10.2 Å². The van der Waals surface area contributed by atoms with Gasteiger partial charge in [0.1, 0.15) is 5.37 Å². The molecule has 1 N–H and O–H groups in total. The molecule has 0 radical (unpaired) electrons. The molecule has 0 saturated carbocycles. The number of hydrogen-bond donors (Lipinski definition) is 1. The highest BCUT2D eigenvalue weighted by molar-refractivity contribution is 8.01. The van der Waals surface area contributed by atoms with Crippen LogP contribution in [0.5, 0.6) is 0 Å². The highest BCUT2D eigenvalue weighted by atomic mass is 32.2. The summed E-state index contributed by atoms with van der Waals surface area (Å²) in [5.41, 5.74) is 0. The van der Waals surface area contributed by atoms with E-state index in [1.54, 1.807) is 18.7 Å². The van der Waals surface area contributed by atoms with E-state index in [1.807, 2.05) is 7.05 Å². The molecule has 0 spiro atoms. The van der Waals surface area contributed by atoms with Gasteiger partial charge in [0.05, 0.1) is 13.2 Å². The molecule has 112 valence electrons. The van der Waals surface area contributed by atoms with Crippen LogP contribution >= 0.6 is 11.8 Å². The Morgan fingerprint density at radius 2 is 2.21 bits per heavy atom. The minimum absolute atomic E-state index is 0.228. The summed E-state index contributed by atoms with van der Waals surface area (Å²) in [5, 5.41) is 2.95. The fraction of sp³-hybridized carbons (Fsp3) is 1.00. The first-order chi connectivity index (χ1) is 9.08. The van der Waals surface area contributed by atoms with Gasteiger partial charge < -0.3 is 10.1 Å². The summed E-state index contributed by atoms with van der Waals surface area (Å²) in [4.78, 5) is 2.15. The molecule has 0 aromatic carbocycles. The maximum Gasteiger partial charge on any atom is 0.166 e. The number of sulfone groups is 1. The Labute approximate surface area is 120 Å². The molecule has 0 aliphatic carbocycles. The van der Waals surface area contributed by atoms with Crippen LogP contribution in [0.2, 0.25) is 0 Å². The summed E-state index contributed by atoms with van der Waals surface area (Å²) in [5.74, 6) is 2.34. The van der Waals surface area contributed by atoms with Gasteiger partial charge in [-0.25, -0.2) is 8.42 Å². The molecule has 3 atom stereocenters. The van der Waals surface area contributed by atoms with Crippen LogP contribution in [-0.2, 0) is 14.6 Å². The highest BCUT2D eigenvalue weighted by Crippen LogP contribution is 2.24. The number of nitrogens with one attached hydrogen (secondary N) is 1. The van der Waals surface area contributed by atoms with Crippen molar-refractivity contribution in [1.29, 1.82) is 0 Å². The maximum atomic E-state index is 12.2. The van der Waals surface area contributed by atoms with Gasteiger partial charge in [0.15, 0.2) is 9.84 Å². The number of ether oxygens (including phenoxy) is 1. The third kappa shape index (κ3) is 3.64. The minimum Gasteiger partial charge on any atom is -0.379 e. The normalized spacial score (nSPS) is 33.7. The lowest BCUT2D eigenvalue weighted by Gasteiger charge is -2.36. The maximum absolute atomic E-state index is 12.2. The number of thioether (sulfide) groups is 1. The van der Waals surface area contributed by atoms with Crippen LogP contribution in [0, 0.1) is 5.92 Å². The molecule has 0 aromatic rings. The lowest BCUT2D eigenvalue weighted by molar-refractivity contribution is 0.165. The van der Waals surface area contributed by atoms with Crippen LogP contribution in [0.4, 0.5) is 0 Å². The number of nitrogens with zero attached hydrogens (tertiary/aromatic N) is 1. The Morgan fingerprint density at radius 3 is 2.89 bits per heavy atom. The Bertz CT molecular complexity index is 388. The molecule has 2 saturated heterocycles. The van der Waals surface area contributed by atoms with Crippen LogP contribution in [-0.4, -0.2) is 75.3 Å². The largest absolute Gasteiger partial charge is 0.379 e. The zero-order chi connectivity index (χ0) is 13.9. The fourth-order valence-corrected chi connectivity index (χ4v) is 5.84. The van der Waals surface area contributed by atoms with E-state index in [1.165, 1.54) is 0 Å². The molecule has 2 aliphatic rings. The predicted molar refractivity (Wildman–Crippen MR) is 79.3 cm³/mol. The first-order valence-corrected chi connectivity index (χ1v) is 9.74. The number of hydrogen-bond acceptors (Lipinski definition) is 6. The molecule has 0 aromatic heterocycles. The molecule has 19 heavy (non-hydrogen) atoms. The van der Waals surface area contributed by atoms with E-state index in [0.717, 1.165) is 32.1 Å². The van der Waals surface area contributed by atoms with Crippen molar-refractivity contribution in [1.82, 2.24) is 10.2 Å². The van der Waals surface area contributed by atoms with Gasteiger partial charge in [0.25, 0.3) is 0 Å². The van der Waals surface area contributed by atoms with Gasteiger partial charge in [-0.05, 0) is 7.05 Å². The van der Waals surface area contributed by atoms with Crippen molar-refractivity contribution in [2.45, 2.75) is 18.3 Å². The van der Waals surface area contributed by atoms with E-state index < -0.39 is 9.84 Å². The summed E-state index contributed by atoms with van der Waals surface area (Å²) >= 11 is 1.75. The van der Waals surface area contributed by atoms with Crippen molar-refractivity contribution >= 4 is 21.6 Å². The van der Waals surface area contributed by atoms with Gasteiger partial charge >= 0.3 is 0 Å². The molecule has 2 rings (SSSR count).